The van der Waals surface area contributed by atoms with Gasteiger partial charge in [-0.05, 0) is 24.0 Å². The van der Waals surface area contributed by atoms with Gasteiger partial charge in [0.1, 0.15) is 12.6 Å². The molecule has 0 saturated carbocycles. The lowest BCUT2D eigenvalue weighted by Crippen LogP contribution is -2.44. The molecule has 0 fully saturated rings. The molecule has 1 aromatic heterocycles. The molecule has 0 aliphatic rings. The molecule has 156 valence electrons. The molecule has 1 heterocycles. The minimum atomic E-state index is -0.833. The molecule has 0 aliphatic carbocycles. The summed E-state index contributed by atoms with van der Waals surface area (Å²) in [6.07, 6.45) is -0.244. The number of amides is 1. The quantitative estimate of drug-likeness (QED) is 0.565. The molecular weight excluding hydrogens is 382 g/mol. The highest BCUT2D eigenvalue weighted by Crippen LogP contribution is 2.14. The van der Waals surface area contributed by atoms with Crippen molar-refractivity contribution in [3.63, 3.8) is 0 Å². The average molecular weight is 407 g/mol. The Hall–Kier alpha value is -3.48. The van der Waals surface area contributed by atoms with Crippen LogP contribution in [0.3, 0.4) is 0 Å². The molecule has 1 atom stereocenters. The van der Waals surface area contributed by atoms with Gasteiger partial charge in [0.15, 0.2) is 0 Å². The molecule has 3 aromatic rings. The lowest BCUT2D eigenvalue weighted by atomic mass is 10.00. The van der Waals surface area contributed by atoms with Crippen LogP contribution in [0.25, 0.3) is 0 Å². The van der Waals surface area contributed by atoms with Gasteiger partial charge >= 0.3 is 6.09 Å². The third-order valence-electron chi connectivity index (χ3n) is 4.55. The van der Waals surface area contributed by atoms with Gasteiger partial charge in [-0.15, -0.1) is 10.2 Å². The Balaban J connectivity index is 1.62. The van der Waals surface area contributed by atoms with Gasteiger partial charge in [-0.1, -0.05) is 74.0 Å². The molecule has 7 nitrogen and oxygen atoms in total. The normalized spacial score (nSPS) is 11.9. The van der Waals surface area contributed by atoms with Crippen molar-refractivity contribution in [2.45, 2.75) is 39.8 Å². The number of carbonyl (C=O) groups excluding carboxylic acids is 2. The van der Waals surface area contributed by atoms with Crippen molar-refractivity contribution in [3.05, 3.63) is 83.1 Å². The van der Waals surface area contributed by atoms with Crippen LogP contribution in [0.5, 0.6) is 0 Å². The number of hydrogen-bond acceptors (Lipinski definition) is 6. The number of aromatic nitrogens is 2. The van der Waals surface area contributed by atoms with E-state index in [2.05, 4.69) is 15.5 Å². The monoisotopic (exact) mass is 407 g/mol. The van der Waals surface area contributed by atoms with E-state index in [1.165, 1.54) is 0 Å². The third kappa shape index (κ3) is 5.76. The number of nitrogens with one attached hydrogen (secondary N) is 1. The second-order valence-corrected chi connectivity index (χ2v) is 7.46. The average Bonchev–Trinajstić information content (AvgIpc) is 3.19. The van der Waals surface area contributed by atoms with Crippen molar-refractivity contribution in [2.24, 2.45) is 5.92 Å². The first kappa shape index (κ1) is 21.2. The summed E-state index contributed by atoms with van der Waals surface area (Å²) in [7, 11) is 0. The van der Waals surface area contributed by atoms with Crippen molar-refractivity contribution in [1.82, 2.24) is 15.5 Å². The van der Waals surface area contributed by atoms with Gasteiger partial charge in [0, 0.05) is 0 Å². The fraction of sp³-hybridized carbons (Fsp3) is 0.304. The molecule has 0 radical (unpaired) electrons. The number of rotatable bonds is 8. The molecule has 1 amide bonds. The number of ketones is 1. The number of aryl methyl sites for hydroxylation is 1. The van der Waals surface area contributed by atoms with Gasteiger partial charge < -0.3 is 14.5 Å². The summed E-state index contributed by atoms with van der Waals surface area (Å²) in [6, 6.07) is 16.4. The molecule has 0 bridgehead atoms. The summed E-state index contributed by atoms with van der Waals surface area (Å²) in [5, 5.41) is 10.5. The van der Waals surface area contributed by atoms with E-state index in [0.29, 0.717) is 12.3 Å². The van der Waals surface area contributed by atoms with Crippen molar-refractivity contribution < 1.29 is 18.7 Å². The Morgan fingerprint density at radius 3 is 2.47 bits per heavy atom. The van der Waals surface area contributed by atoms with Crippen molar-refractivity contribution in [2.75, 3.05) is 0 Å². The fourth-order valence-electron chi connectivity index (χ4n) is 2.98. The molecule has 0 aliphatic heterocycles. The lowest BCUT2D eigenvalue weighted by molar-refractivity contribution is 0.0851. The van der Waals surface area contributed by atoms with Gasteiger partial charge in [-0.3, -0.25) is 4.79 Å². The van der Waals surface area contributed by atoms with Crippen LogP contribution in [0.15, 0.2) is 59.0 Å². The molecule has 30 heavy (non-hydrogen) atoms. The van der Waals surface area contributed by atoms with E-state index >= 15 is 0 Å². The Kier molecular flexibility index (Phi) is 6.95. The zero-order chi connectivity index (χ0) is 21.5. The van der Waals surface area contributed by atoms with Gasteiger partial charge in [0.05, 0.1) is 6.42 Å². The molecule has 2 aromatic carbocycles. The van der Waals surface area contributed by atoms with Gasteiger partial charge in [-0.25, -0.2) is 4.79 Å². The van der Waals surface area contributed by atoms with E-state index in [1.807, 2.05) is 75.4 Å². The first-order valence-corrected chi connectivity index (χ1v) is 9.81. The molecule has 0 saturated heterocycles. The number of benzene rings is 2. The topological polar surface area (TPSA) is 94.3 Å². The molecule has 7 heteroatoms. The number of hydrogen-bond donors (Lipinski definition) is 1. The molecular formula is C23H25N3O4. The summed E-state index contributed by atoms with van der Waals surface area (Å²) < 4.78 is 10.8. The van der Waals surface area contributed by atoms with Crippen LogP contribution in [-0.2, 0) is 17.8 Å². The summed E-state index contributed by atoms with van der Waals surface area (Å²) >= 11 is 0. The third-order valence-corrected chi connectivity index (χ3v) is 4.55. The fourth-order valence-corrected chi connectivity index (χ4v) is 2.98. The standard InChI is InChI=1S/C23H25N3O4/c1-15(2)20(24-23(28)29-14-17-9-5-4-6-10-17)21(27)22-26-25-19(30-22)13-18-11-7-8-16(3)12-18/h4-12,15,20H,13-14H2,1-3H3,(H,24,28)/t20-/m0/s1. The number of nitrogens with zero attached hydrogens (tertiary/aromatic N) is 2. The van der Waals surface area contributed by atoms with Gasteiger partial charge in [0.2, 0.25) is 11.7 Å². The molecule has 1 N–H and O–H groups in total. The zero-order valence-electron chi connectivity index (χ0n) is 17.3. The molecule has 3 rings (SSSR count). The predicted octanol–water partition coefficient (Wildman–Crippen LogP) is 4.10. The largest absolute Gasteiger partial charge is 0.445 e. The molecule has 0 unspecified atom stereocenters. The predicted molar refractivity (Wildman–Crippen MR) is 111 cm³/mol. The van der Waals surface area contributed by atoms with E-state index in [1.54, 1.807) is 0 Å². The van der Waals surface area contributed by atoms with Gasteiger partial charge in [-0.2, -0.15) is 0 Å². The second-order valence-electron chi connectivity index (χ2n) is 7.46. The number of Topliss-reactive ketones (excluding diaryl/α,β-unsaturated/α-hetero) is 1. The lowest BCUT2D eigenvalue weighted by Gasteiger charge is -2.19. The van der Waals surface area contributed by atoms with Crippen LogP contribution in [-0.4, -0.2) is 28.1 Å². The Morgan fingerprint density at radius 2 is 1.77 bits per heavy atom. The Bertz CT molecular complexity index is 998. The second kappa shape index (κ2) is 9.82. The summed E-state index contributed by atoms with van der Waals surface area (Å²) in [5.74, 6) is -0.406. The summed E-state index contributed by atoms with van der Waals surface area (Å²) in [4.78, 5) is 25.0. The van der Waals surface area contributed by atoms with E-state index < -0.39 is 17.9 Å². The van der Waals surface area contributed by atoms with Gasteiger partial charge in [0.25, 0.3) is 5.89 Å². The maximum Gasteiger partial charge on any atom is 0.408 e. The van der Waals surface area contributed by atoms with Crippen LogP contribution in [0.1, 0.15) is 47.1 Å². The number of carbonyl (C=O) groups is 2. The van der Waals surface area contributed by atoms with E-state index in [4.69, 9.17) is 9.15 Å². The molecule has 0 spiro atoms. The van der Waals surface area contributed by atoms with E-state index in [-0.39, 0.29) is 18.4 Å². The van der Waals surface area contributed by atoms with Crippen LogP contribution in [0, 0.1) is 12.8 Å². The van der Waals surface area contributed by atoms with Crippen LogP contribution < -0.4 is 5.32 Å². The highest BCUT2D eigenvalue weighted by atomic mass is 16.5. The van der Waals surface area contributed by atoms with Crippen molar-refractivity contribution in [1.29, 1.82) is 0 Å². The highest BCUT2D eigenvalue weighted by molar-refractivity contribution is 5.97. The first-order chi connectivity index (χ1) is 14.4. The van der Waals surface area contributed by atoms with E-state index in [9.17, 15) is 9.59 Å². The minimum absolute atomic E-state index is 0.118. The first-order valence-electron chi connectivity index (χ1n) is 9.81. The maximum absolute atomic E-state index is 12.8. The minimum Gasteiger partial charge on any atom is -0.445 e. The van der Waals surface area contributed by atoms with Crippen LogP contribution in [0.4, 0.5) is 4.79 Å². The summed E-state index contributed by atoms with van der Waals surface area (Å²) in [5.41, 5.74) is 3.00. The smallest absolute Gasteiger partial charge is 0.408 e. The highest BCUT2D eigenvalue weighted by Gasteiger charge is 2.30. The Morgan fingerprint density at radius 1 is 1.03 bits per heavy atom. The SMILES string of the molecule is Cc1cccc(Cc2nnc(C(=O)[C@@H](NC(=O)OCc3ccccc3)C(C)C)o2)c1. The van der Waals surface area contributed by atoms with Crippen molar-refractivity contribution in [3.8, 4) is 0 Å². The van der Waals surface area contributed by atoms with Crippen molar-refractivity contribution >= 4 is 11.9 Å². The van der Waals surface area contributed by atoms with Crippen LogP contribution >= 0.6 is 0 Å². The van der Waals surface area contributed by atoms with E-state index in [0.717, 1.165) is 16.7 Å². The summed E-state index contributed by atoms with van der Waals surface area (Å²) in [6.45, 7) is 5.77. The zero-order valence-corrected chi connectivity index (χ0v) is 17.3. The Labute approximate surface area is 175 Å². The van der Waals surface area contributed by atoms with Crippen LogP contribution in [0.2, 0.25) is 0 Å². The number of alkyl carbamates (subject to hydrolysis) is 1. The maximum atomic E-state index is 12.8. The number of ether oxygens (including phenoxy) is 1.